The third kappa shape index (κ3) is 4.88. The van der Waals surface area contributed by atoms with E-state index in [1.165, 1.54) is 6.33 Å². The van der Waals surface area contributed by atoms with Gasteiger partial charge in [-0.25, -0.2) is 14.8 Å². The van der Waals surface area contributed by atoms with Crippen LogP contribution in [0.3, 0.4) is 0 Å². The van der Waals surface area contributed by atoms with Crippen molar-refractivity contribution in [3.05, 3.63) is 46.3 Å². The van der Waals surface area contributed by atoms with Gasteiger partial charge < -0.3 is 15.4 Å². The first kappa shape index (κ1) is 19.1. The molecule has 1 heterocycles. The average Bonchev–Trinajstić information content (AvgIpc) is 2.62. The minimum absolute atomic E-state index is 0.0767. The largest absolute Gasteiger partial charge is 0.462 e. The topological polar surface area (TPSA) is 119 Å². The first-order valence-corrected chi connectivity index (χ1v) is 8.34. The molecule has 2 rings (SSSR count). The molecule has 2 N–H and O–H groups in total. The van der Waals surface area contributed by atoms with Crippen LogP contribution in [0.5, 0.6) is 0 Å². The zero-order valence-corrected chi connectivity index (χ0v) is 14.7. The van der Waals surface area contributed by atoms with Crippen molar-refractivity contribution in [1.82, 2.24) is 9.97 Å². The van der Waals surface area contributed by atoms with E-state index in [0.29, 0.717) is 24.4 Å². The molecule has 0 fully saturated rings. The van der Waals surface area contributed by atoms with Crippen LogP contribution in [0, 0.1) is 10.1 Å². The normalized spacial score (nSPS) is 10.2. The number of aromatic nitrogens is 2. The quantitative estimate of drug-likeness (QED) is 0.302. The molecule has 138 valence electrons. The molecular weight excluding hydrogens is 338 g/mol. The maximum atomic E-state index is 11.7. The fourth-order valence-electron chi connectivity index (χ4n) is 2.20. The number of unbranched alkanes of at least 4 members (excludes halogenated alkanes) is 1. The molecule has 1 aromatic heterocycles. The van der Waals surface area contributed by atoms with Crippen LogP contribution in [0.2, 0.25) is 0 Å². The number of nitrogens with zero attached hydrogens (tertiary/aromatic N) is 3. The van der Waals surface area contributed by atoms with Crippen LogP contribution in [0.25, 0.3) is 0 Å². The predicted molar refractivity (Wildman–Crippen MR) is 97.8 cm³/mol. The van der Waals surface area contributed by atoms with Crippen LogP contribution in [0.15, 0.2) is 30.6 Å². The van der Waals surface area contributed by atoms with E-state index in [4.69, 9.17) is 4.74 Å². The molecule has 26 heavy (non-hydrogen) atoms. The minimum Gasteiger partial charge on any atom is -0.462 e. The highest BCUT2D eigenvalue weighted by molar-refractivity contribution is 5.90. The van der Waals surface area contributed by atoms with Crippen molar-refractivity contribution in [1.29, 1.82) is 0 Å². The van der Waals surface area contributed by atoms with Crippen LogP contribution in [-0.2, 0) is 4.74 Å². The predicted octanol–water partition coefficient (Wildman–Crippen LogP) is 3.52. The lowest BCUT2D eigenvalue weighted by Gasteiger charge is -2.10. The second-order valence-corrected chi connectivity index (χ2v) is 5.38. The SMILES string of the molecule is CCCCNc1ncnc(Nc2ccc(C(=O)OCC)cc2)c1[N+](=O)[O-]. The number of hydrogen-bond acceptors (Lipinski definition) is 8. The van der Waals surface area contributed by atoms with Crippen LogP contribution < -0.4 is 10.6 Å². The first-order chi connectivity index (χ1) is 12.6. The summed E-state index contributed by atoms with van der Waals surface area (Å²) in [5.74, 6) is -0.175. The Morgan fingerprint density at radius 3 is 2.50 bits per heavy atom. The monoisotopic (exact) mass is 359 g/mol. The van der Waals surface area contributed by atoms with Crippen molar-refractivity contribution < 1.29 is 14.5 Å². The molecule has 0 aliphatic rings. The molecule has 0 amide bonds. The molecular formula is C17H21N5O4. The Morgan fingerprint density at radius 2 is 1.88 bits per heavy atom. The van der Waals surface area contributed by atoms with Gasteiger partial charge in [0, 0.05) is 12.2 Å². The molecule has 9 heteroatoms. The molecule has 0 saturated heterocycles. The second-order valence-electron chi connectivity index (χ2n) is 5.38. The van der Waals surface area contributed by atoms with Gasteiger partial charge in [0.2, 0.25) is 11.6 Å². The number of rotatable bonds is 9. The highest BCUT2D eigenvalue weighted by Gasteiger charge is 2.23. The maximum Gasteiger partial charge on any atom is 0.353 e. The van der Waals surface area contributed by atoms with Gasteiger partial charge in [0.15, 0.2) is 0 Å². The Bertz CT molecular complexity index is 764. The third-order valence-corrected chi connectivity index (χ3v) is 3.49. The van der Waals surface area contributed by atoms with E-state index in [1.54, 1.807) is 31.2 Å². The van der Waals surface area contributed by atoms with Gasteiger partial charge in [-0.05, 0) is 37.6 Å². The highest BCUT2D eigenvalue weighted by atomic mass is 16.6. The van der Waals surface area contributed by atoms with Crippen LogP contribution in [-0.4, -0.2) is 34.0 Å². The summed E-state index contributed by atoms with van der Waals surface area (Å²) in [7, 11) is 0. The van der Waals surface area contributed by atoms with Gasteiger partial charge in [0.05, 0.1) is 17.1 Å². The van der Waals surface area contributed by atoms with Gasteiger partial charge in [0.25, 0.3) is 0 Å². The zero-order chi connectivity index (χ0) is 18.9. The van der Waals surface area contributed by atoms with Gasteiger partial charge >= 0.3 is 11.7 Å². The summed E-state index contributed by atoms with van der Waals surface area (Å²) in [4.78, 5) is 30.6. The van der Waals surface area contributed by atoms with Crippen molar-refractivity contribution in [3.8, 4) is 0 Å². The van der Waals surface area contributed by atoms with E-state index >= 15 is 0 Å². The number of esters is 1. The Labute approximate surface area is 151 Å². The Balaban J connectivity index is 2.21. The van der Waals surface area contributed by atoms with E-state index in [0.717, 1.165) is 12.8 Å². The Kier molecular flexibility index (Phi) is 6.84. The van der Waals surface area contributed by atoms with E-state index in [9.17, 15) is 14.9 Å². The molecule has 0 aliphatic heterocycles. The van der Waals surface area contributed by atoms with Crippen LogP contribution in [0.1, 0.15) is 37.0 Å². The van der Waals surface area contributed by atoms with E-state index in [1.807, 2.05) is 6.92 Å². The standard InChI is InChI=1S/C17H21N5O4/c1-3-5-10-18-15-14(22(24)25)16(20-11-19-15)21-13-8-6-12(7-9-13)17(23)26-4-2/h6-9,11H,3-5,10H2,1-2H3,(H2,18,19,20,21). The molecule has 0 aliphatic carbocycles. The number of nitrogens with one attached hydrogen (secondary N) is 2. The fourth-order valence-corrected chi connectivity index (χ4v) is 2.20. The smallest absolute Gasteiger partial charge is 0.353 e. The lowest BCUT2D eigenvalue weighted by Crippen LogP contribution is -2.09. The van der Waals surface area contributed by atoms with Crippen molar-refractivity contribution >= 4 is 29.0 Å². The summed E-state index contributed by atoms with van der Waals surface area (Å²) in [6, 6.07) is 6.41. The van der Waals surface area contributed by atoms with Crippen molar-refractivity contribution in [2.45, 2.75) is 26.7 Å². The van der Waals surface area contributed by atoms with Crippen molar-refractivity contribution in [2.24, 2.45) is 0 Å². The fraction of sp³-hybridized carbons (Fsp3) is 0.353. The molecule has 0 bridgehead atoms. The third-order valence-electron chi connectivity index (χ3n) is 3.49. The summed E-state index contributed by atoms with van der Waals surface area (Å²) in [5.41, 5.74) is 0.730. The van der Waals surface area contributed by atoms with Gasteiger partial charge in [-0.15, -0.1) is 0 Å². The second kappa shape index (κ2) is 9.30. The van der Waals surface area contributed by atoms with E-state index in [2.05, 4.69) is 20.6 Å². The molecule has 0 spiro atoms. The van der Waals surface area contributed by atoms with Gasteiger partial charge in [0.1, 0.15) is 6.33 Å². The zero-order valence-electron chi connectivity index (χ0n) is 14.7. The molecule has 0 unspecified atom stereocenters. The number of carbonyl (C=O) groups is 1. The molecule has 1 aromatic carbocycles. The van der Waals surface area contributed by atoms with Crippen molar-refractivity contribution in [2.75, 3.05) is 23.8 Å². The van der Waals surface area contributed by atoms with Gasteiger partial charge in [-0.3, -0.25) is 10.1 Å². The number of ether oxygens (including phenoxy) is 1. The van der Waals surface area contributed by atoms with Crippen LogP contribution in [0.4, 0.5) is 23.0 Å². The molecule has 0 radical (unpaired) electrons. The van der Waals surface area contributed by atoms with E-state index < -0.39 is 10.9 Å². The number of hydrogen-bond donors (Lipinski definition) is 2. The van der Waals surface area contributed by atoms with Gasteiger partial charge in [-0.2, -0.15) is 0 Å². The maximum absolute atomic E-state index is 11.7. The number of carbonyl (C=O) groups excluding carboxylic acids is 1. The summed E-state index contributed by atoms with van der Waals surface area (Å²) in [6.45, 7) is 4.64. The first-order valence-electron chi connectivity index (χ1n) is 8.34. The average molecular weight is 359 g/mol. The number of nitro groups is 1. The van der Waals surface area contributed by atoms with Gasteiger partial charge in [-0.1, -0.05) is 13.3 Å². The van der Waals surface area contributed by atoms with Crippen molar-refractivity contribution in [3.63, 3.8) is 0 Å². The summed E-state index contributed by atoms with van der Waals surface area (Å²) < 4.78 is 4.92. The van der Waals surface area contributed by atoms with Crippen LogP contribution >= 0.6 is 0 Å². The molecule has 0 atom stereocenters. The lowest BCUT2D eigenvalue weighted by atomic mass is 10.2. The highest BCUT2D eigenvalue weighted by Crippen LogP contribution is 2.31. The Morgan fingerprint density at radius 1 is 1.19 bits per heavy atom. The summed E-state index contributed by atoms with van der Waals surface area (Å²) >= 11 is 0. The molecule has 0 saturated carbocycles. The summed E-state index contributed by atoms with van der Waals surface area (Å²) in [6.07, 6.45) is 3.10. The molecule has 9 nitrogen and oxygen atoms in total. The lowest BCUT2D eigenvalue weighted by molar-refractivity contribution is -0.383. The van der Waals surface area contributed by atoms with E-state index in [-0.39, 0.29) is 17.3 Å². The number of anilines is 3. The number of benzene rings is 1. The summed E-state index contributed by atoms with van der Waals surface area (Å²) in [5, 5.41) is 17.3. The molecule has 2 aromatic rings. The Hall–Kier alpha value is -3.23. The minimum atomic E-state index is -0.524.